The summed E-state index contributed by atoms with van der Waals surface area (Å²) in [4.78, 5) is 14.2. The molecule has 0 aromatic carbocycles. The minimum absolute atomic E-state index is 0.0581. The molecule has 0 saturated carbocycles. The van der Waals surface area contributed by atoms with Gasteiger partial charge in [0.15, 0.2) is 0 Å². The first-order valence-electron chi connectivity index (χ1n) is 5.20. The predicted molar refractivity (Wildman–Crippen MR) is 60.1 cm³/mol. The summed E-state index contributed by atoms with van der Waals surface area (Å²) >= 11 is 0. The average molecular weight is 205 g/mol. The van der Waals surface area contributed by atoms with Crippen LogP contribution in [0.2, 0.25) is 0 Å². The zero-order valence-corrected chi connectivity index (χ0v) is 9.29. The van der Waals surface area contributed by atoms with Crippen molar-refractivity contribution in [2.45, 2.75) is 33.7 Å². The molecule has 1 N–H and O–H groups in total. The van der Waals surface area contributed by atoms with Crippen molar-refractivity contribution in [1.82, 2.24) is 14.8 Å². The number of aromatic nitrogens is 3. The van der Waals surface area contributed by atoms with Crippen LogP contribution in [0, 0.1) is 13.8 Å². The monoisotopic (exact) mass is 205 g/mol. The number of hydrogen-bond donors (Lipinski definition) is 1. The predicted octanol–water partition coefficient (Wildman–Crippen LogP) is 1.75. The molecule has 0 saturated heterocycles. The Labute approximate surface area is 87.9 Å². The van der Waals surface area contributed by atoms with Crippen LogP contribution in [0.25, 0.3) is 11.0 Å². The van der Waals surface area contributed by atoms with Crippen molar-refractivity contribution in [1.29, 1.82) is 0 Å². The molecule has 0 spiro atoms. The Morgan fingerprint density at radius 3 is 2.87 bits per heavy atom. The van der Waals surface area contributed by atoms with Crippen LogP contribution < -0.4 is 5.56 Å². The van der Waals surface area contributed by atoms with E-state index in [1.54, 1.807) is 6.07 Å². The summed E-state index contributed by atoms with van der Waals surface area (Å²) in [6, 6.07) is 1.62. The van der Waals surface area contributed by atoms with Gasteiger partial charge in [-0.1, -0.05) is 6.92 Å². The number of pyridine rings is 1. The first kappa shape index (κ1) is 9.96. The van der Waals surface area contributed by atoms with E-state index in [0.717, 1.165) is 35.3 Å². The zero-order valence-electron chi connectivity index (χ0n) is 9.29. The normalized spacial score (nSPS) is 11.1. The number of fused-ring (bicyclic) bond motifs is 1. The van der Waals surface area contributed by atoms with Gasteiger partial charge in [0.25, 0.3) is 0 Å². The summed E-state index contributed by atoms with van der Waals surface area (Å²) in [5.41, 5.74) is 2.76. The summed E-state index contributed by atoms with van der Waals surface area (Å²) in [5.74, 6) is 0. The number of nitrogens with one attached hydrogen (secondary N) is 1. The molecule has 0 fully saturated rings. The van der Waals surface area contributed by atoms with E-state index in [9.17, 15) is 4.79 Å². The molecule has 0 aliphatic rings. The van der Waals surface area contributed by atoms with Gasteiger partial charge in [-0.25, -0.2) is 4.68 Å². The van der Waals surface area contributed by atoms with Gasteiger partial charge in [0.05, 0.1) is 5.69 Å². The maximum absolute atomic E-state index is 11.4. The molecular weight excluding hydrogens is 190 g/mol. The minimum Gasteiger partial charge on any atom is -0.307 e. The summed E-state index contributed by atoms with van der Waals surface area (Å²) in [5, 5.41) is 5.50. The first-order valence-corrected chi connectivity index (χ1v) is 5.20. The smallest absolute Gasteiger partial charge is 0.249 e. The lowest BCUT2D eigenvalue weighted by Crippen LogP contribution is -2.08. The maximum Gasteiger partial charge on any atom is 0.249 e. The lowest BCUT2D eigenvalue weighted by Gasteiger charge is -2.00. The first-order chi connectivity index (χ1) is 7.13. The molecule has 2 aromatic rings. The molecule has 4 nitrogen and oxygen atoms in total. The molecule has 0 atom stereocenters. The lowest BCUT2D eigenvalue weighted by molar-refractivity contribution is 0.611. The maximum atomic E-state index is 11.4. The second kappa shape index (κ2) is 3.53. The standard InChI is InChI=1S/C11H15N3O/c1-4-5-14-11-10(8(3)13-14)7(2)6-9(15)12-11/h6H,4-5H2,1-3H3,(H,12,15). The van der Waals surface area contributed by atoms with E-state index in [1.807, 2.05) is 18.5 Å². The Bertz CT molecular complexity index is 551. The Balaban J connectivity index is 2.81. The fourth-order valence-corrected chi connectivity index (χ4v) is 1.98. The molecule has 2 heterocycles. The molecule has 0 aliphatic carbocycles. The van der Waals surface area contributed by atoms with Crippen LogP contribution >= 0.6 is 0 Å². The molecule has 0 amide bonds. The second-order valence-corrected chi connectivity index (χ2v) is 3.85. The van der Waals surface area contributed by atoms with E-state index in [4.69, 9.17) is 0 Å². The fraction of sp³-hybridized carbons (Fsp3) is 0.455. The Kier molecular flexibility index (Phi) is 2.34. The van der Waals surface area contributed by atoms with Gasteiger partial charge in [0.2, 0.25) is 5.56 Å². The van der Waals surface area contributed by atoms with Gasteiger partial charge in [-0.05, 0) is 25.8 Å². The molecule has 0 radical (unpaired) electrons. The van der Waals surface area contributed by atoms with Crippen LogP contribution in [0.5, 0.6) is 0 Å². The van der Waals surface area contributed by atoms with Crippen LogP contribution in [0.1, 0.15) is 24.6 Å². The van der Waals surface area contributed by atoms with Crippen molar-refractivity contribution >= 4 is 11.0 Å². The fourth-order valence-electron chi connectivity index (χ4n) is 1.98. The highest BCUT2D eigenvalue weighted by Crippen LogP contribution is 2.18. The topological polar surface area (TPSA) is 50.7 Å². The Hall–Kier alpha value is -1.58. The third-order valence-electron chi connectivity index (χ3n) is 2.55. The van der Waals surface area contributed by atoms with Gasteiger partial charge in [-0.2, -0.15) is 5.10 Å². The van der Waals surface area contributed by atoms with E-state index in [2.05, 4.69) is 17.0 Å². The zero-order chi connectivity index (χ0) is 11.0. The van der Waals surface area contributed by atoms with Crippen molar-refractivity contribution in [2.24, 2.45) is 0 Å². The molecular formula is C11H15N3O. The SMILES string of the molecule is CCCn1nc(C)c2c(C)cc(=O)[nH]c21. The van der Waals surface area contributed by atoms with E-state index < -0.39 is 0 Å². The van der Waals surface area contributed by atoms with E-state index >= 15 is 0 Å². The van der Waals surface area contributed by atoms with Crippen LogP contribution in [0.15, 0.2) is 10.9 Å². The third-order valence-corrected chi connectivity index (χ3v) is 2.55. The van der Waals surface area contributed by atoms with Crippen molar-refractivity contribution in [2.75, 3.05) is 0 Å². The van der Waals surface area contributed by atoms with Crippen molar-refractivity contribution in [3.8, 4) is 0 Å². The summed E-state index contributed by atoms with van der Waals surface area (Å²) in [6.07, 6.45) is 1.01. The van der Waals surface area contributed by atoms with Gasteiger partial charge in [-0.3, -0.25) is 4.79 Å². The van der Waals surface area contributed by atoms with Crippen molar-refractivity contribution < 1.29 is 0 Å². The lowest BCUT2D eigenvalue weighted by atomic mass is 10.2. The molecule has 4 heteroatoms. The van der Waals surface area contributed by atoms with Crippen LogP contribution in [0.3, 0.4) is 0 Å². The van der Waals surface area contributed by atoms with Crippen LogP contribution in [-0.4, -0.2) is 14.8 Å². The Morgan fingerprint density at radius 1 is 1.47 bits per heavy atom. The van der Waals surface area contributed by atoms with Gasteiger partial charge in [0, 0.05) is 18.0 Å². The van der Waals surface area contributed by atoms with Crippen LogP contribution in [-0.2, 0) is 6.54 Å². The second-order valence-electron chi connectivity index (χ2n) is 3.85. The summed E-state index contributed by atoms with van der Waals surface area (Å²) < 4.78 is 1.87. The third kappa shape index (κ3) is 1.56. The number of H-pyrrole nitrogens is 1. The largest absolute Gasteiger partial charge is 0.307 e. The number of aromatic amines is 1. The molecule has 2 aromatic heterocycles. The van der Waals surface area contributed by atoms with Gasteiger partial charge >= 0.3 is 0 Å². The number of rotatable bonds is 2. The van der Waals surface area contributed by atoms with E-state index in [-0.39, 0.29) is 5.56 Å². The van der Waals surface area contributed by atoms with E-state index in [0.29, 0.717) is 0 Å². The average Bonchev–Trinajstić information content (AvgIpc) is 2.43. The minimum atomic E-state index is -0.0581. The van der Waals surface area contributed by atoms with Crippen LogP contribution in [0.4, 0.5) is 0 Å². The number of hydrogen-bond acceptors (Lipinski definition) is 2. The van der Waals surface area contributed by atoms with Gasteiger partial charge < -0.3 is 4.98 Å². The molecule has 2 rings (SSSR count). The highest BCUT2D eigenvalue weighted by molar-refractivity contribution is 5.81. The highest BCUT2D eigenvalue weighted by Gasteiger charge is 2.09. The highest BCUT2D eigenvalue weighted by atomic mass is 16.1. The van der Waals surface area contributed by atoms with Gasteiger partial charge in [0.1, 0.15) is 5.65 Å². The molecule has 0 aliphatic heterocycles. The van der Waals surface area contributed by atoms with Crippen molar-refractivity contribution in [3.05, 3.63) is 27.7 Å². The van der Waals surface area contributed by atoms with Gasteiger partial charge in [-0.15, -0.1) is 0 Å². The molecule has 0 bridgehead atoms. The molecule has 80 valence electrons. The summed E-state index contributed by atoms with van der Waals surface area (Å²) in [6.45, 7) is 6.85. The van der Waals surface area contributed by atoms with E-state index in [1.165, 1.54) is 0 Å². The van der Waals surface area contributed by atoms with Crippen molar-refractivity contribution in [3.63, 3.8) is 0 Å². The summed E-state index contributed by atoms with van der Waals surface area (Å²) in [7, 11) is 0. The quantitative estimate of drug-likeness (QED) is 0.812. The molecule has 15 heavy (non-hydrogen) atoms. The number of aryl methyl sites for hydroxylation is 3. The number of nitrogens with zero attached hydrogens (tertiary/aromatic N) is 2. The molecule has 0 unspecified atom stereocenters. The Morgan fingerprint density at radius 2 is 2.20 bits per heavy atom.